The van der Waals surface area contributed by atoms with Crippen molar-refractivity contribution in [3.05, 3.63) is 27.8 Å². The number of carbonyl (C=O) groups excluding carboxylic acids is 1. The van der Waals surface area contributed by atoms with Gasteiger partial charge in [0.25, 0.3) is 5.91 Å². The summed E-state index contributed by atoms with van der Waals surface area (Å²) in [4.78, 5) is 22.3. The lowest BCUT2D eigenvalue weighted by molar-refractivity contribution is -0.138. The molecule has 0 spiro atoms. The van der Waals surface area contributed by atoms with Crippen molar-refractivity contribution in [1.82, 2.24) is 5.32 Å². The molecule has 1 aromatic carbocycles. The van der Waals surface area contributed by atoms with E-state index >= 15 is 0 Å². The van der Waals surface area contributed by atoms with E-state index in [1.807, 2.05) is 12.1 Å². The van der Waals surface area contributed by atoms with Crippen molar-refractivity contribution in [3.8, 4) is 5.75 Å². The highest BCUT2D eigenvalue weighted by molar-refractivity contribution is 14.1. The van der Waals surface area contributed by atoms with E-state index in [0.29, 0.717) is 12.2 Å². The van der Waals surface area contributed by atoms with E-state index in [4.69, 9.17) is 9.84 Å². The van der Waals surface area contributed by atoms with Gasteiger partial charge in [0.15, 0.2) is 6.61 Å². The minimum Gasteiger partial charge on any atom is -0.484 e. The number of rotatable bonds is 7. The van der Waals surface area contributed by atoms with Crippen molar-refractivity contribution < 1.29 is 19.4 Å². The number of hydrogen-bond acceptors (Lipinski definition) is 3. The van der Waals surface area contributed by atoms with Gasteiger partial charge in [0.2, 0.25) is 0 Å². The van der Waals surface area contributed by atoms with Crippen molar-refractivity contribution in [2.45, 2.75) is 32.2 Å². The molecule has 0 aliphatic rings. The molecule has 6 heteroatoms. The maximum Gasteiger partial charge on any atom is 0.303 e. The fraction of sp³-hybridized carbons (Fsp3) is 0.429. The van der Waals surface area contributed by atoms with Crippen LogP contribution in [0.3, 0.4) is 0 Å². The number of amides is 1. The number of nitrogens with one attached hydrogen (secondary N) is 1. The fourth-order valence-corrected chi connectivity index (χ4v) is 1.93. The van der Waals surface area contributed by atoms with Gasteiger partial charge in [-0.3, -0.25) is 9.59 Å². The summed E-state index contributed by atoms with van der Waals surface area (Å²) in [6.45, 7) is 3.49. The molecule has 1 aromatic rings. The Morgan fingerprint density at radius 2 is 1.90 bits per heavy atom. The first-order chi connectivity index (χ1) is 9.28. The van der Waals surface area contributed by atoms with Gasteiger partial charge < -0.3 is 15.2 Å². The third kappa shape index (κ3) is 6.74. The molecule has 20 heavy (non-hydrogen) atoms. The first-order valence-corrected chi connectivity index (χ1v) is 7.27. The van der Waals surface area contributed by atoms with Crippen LogP contribution in [0.15, 0.2) is 24.3 Å². The van der Waals surface area contributed by atoms with E-state index in [9.17, 15) is 9.59 Å². The summed E-state index contributed by atoms with van der Waals surface area (Å²) < 4.78 is 6.45. The minimum absolute atomic E-state index is 0.0191. The molecule has 1 amide bonds. The van der Waals surface area contributed by atoms with Crippen LogP contribution < -0.4 is 10.1 Å². The molecule has 0 radical (unpaired) electrons. The number of hydrogen-bond donors (Lipinski definition) is 2. The second kappa shape index (κ2) is 7.47. The molecule has 0 bridgehead atoms. The van der Waals surface area contributed by atoms with E-state index < -0.39 is 11.5 Å². The van der Waals surface area contributed by atoms with E-state index in [-0.39, 0.29) is 18.9 Å². The molecule has 0 saturated carbocycles. The molecule has 0 aromatic heterocycles. The lowest BCUT2D eigenvalue weighted by Crippen LogP contribution is -2.45. The largest absolute Gasteiger partial charge is 0.484 e. The lowest BCUT2D eigenvalue weighted by atomic mass is 9.98. The number of carbonyl (C=O) groups is 2. The summed E-state index contributed by atoms with van der Waals surface area (Å²) in [6.07, 6.45) is 0.392. The van der Waals surface area contributed by atoms with Crippen LogP contribution in [0, 0.1) is 3.57 Å². The van der Waals surface area contributed by atoms with Crippen LogP contribution >= 0.6 is 22.6 Å². The SMILES string of the molecule is CC(C)(CCC(=O)O)NC(=O)COc1ccc(I)cc1. The Labute approximate surface area is 131 Å². The summed E-state index contributed by atoms with van der Waals surface area (Å²) in [6, 6.07) is 7.38. The Bertz CT molecular complexity index is 471. The Hall–Kier alpha value is -1.31. The number of halogens is 1. The number of aliphatic carboxylic acids is 1. The number of ether oxygens (including phenoxy) is 1. The number of benzene rings is 1. The van der Waals surface area contributed by atoms with Gasteiger partial charge in [-0.1, -0.05) is 0 Å². The quantitative estimate of drug-likeness (QED) is 0.701. The van der Waals surface area contributed by atoms with Gasteiger partial charge in [-0.2, -0.15) is 0 Å². The van der Waals surface area contributed by atoms with E-state index in [1.165, 1.54) is 0 Å². The summed E-state index contributed by atoms with van der Waals surface area (Å²) in [5.74, 6) is -0.509. The zero-order chi connectivity index (χ0) is 15.2. The normalized spacial score (nSPS) is 10.9. The fourth-order valence-electron chi connectivity index (χ4n) is 1.58. The molecular formula is C14H18INO4. The van der Waals surface area contributed by atoms with Gasteiger partial charge in [0.05, 0.1) is 0 Å². The molecular weight excluding hydrogens is 373 g/mol. The van der Waals surface area contributed by atoms with Gasteiger partial charge in [-0.15, -0.1) is 0 Å². The van der Waals surface area contributed by atoms with E-state index in [2.05, 4.69) is 27.9 Å². The first-order valence-electron chi connectivity index (χ1n) is 6.20. The molecule has 0 aliphatic heterocycles. The zero-order valence-corrected chi connectivity index (χ0v) is 13.6. The average Bonchev–Trinajstić information content (AvgIpc) is 2.35. The Morgan fingerprint density at radius 3 is 2.45 bits per heavy atom. The van der Waals surface area contributed by atoms with Crippen LogP contribution in [0.25, 0.3) is 0 Å². The van der Waals surface area contributed by atoms with Gasteiger partial charge in [-0.25, -0.2) is 0 Å². The molecule has 110 valence electrons. The highest BCUT2D eigenvalue weighted by Gasteiger charge is 2.21. The third-order valence-corrected chi connectivity index (χ3v) is 3.34. The topological polar surface area (TPSA) is 75.6 Å². The van der Waals surface area contributed by atoms with E-state index in [0.717, 1.165) is 3.57 Å². The molecule has 0 aliphatic carbocycles. The van der Waals surface area contributed by atoms with Crippen molar-refractivity contribution in [3.63, 3.8) is 0 Å². The molecule has 0 atom stereocenters. The summed E-state index contributed by atoms with van der Waals surface area (Å²) in [7, 11) is 0. The summed E-state index contributed by atoms with van der Waals surface area (Å²) in [5.41, 5.74) is -0.565. The standard InChI is InChI=1S/C14H18INO4/c1-14(2,8-7-13(18)19)16-12(17)9-20-11-5-3-10(15)4-6-11/h3-6H,7-9H2,1-2H3,(H,16,17)(H,18,19). The monoisotopic (exact) mass is 391 g/mol. The Kier molecular flexibility index (Phi) is 6.25. The molecule has 5 nitrogen and oxygen atoms in total. The first kappa shape index (κ1) is 16.7. The van der Waals surface area contributed by atoms with Gasteiger partial charge in [0, 0.05) is 15.5 Å². The molecule has 0 heterocycles. The predicted octanol–water partition coefficient (Wildman–Crippen LogP) is 2.43. The predicted molar refractivity (Wildman–Crippen MR) is 83.7 cm³/mol. The average molecular weight is 391 g/mol. The second-order valence-corrected chi connectivity index (χ2v) is 6.31. The Morgan fingerprint density at radius 1 is 1.30 bits per heavy atom. The highest BCUT2D eigenvalue weighted by atomic mass is 127. The van der Waals surface area contributed by atoms with Crippen molar-refractivity contribution in [1.29, 1.82) is 0 Å². The summed E-state index contributed by atoms with van der Waals surface area (Å²) in [5, 5.41) is 11.4. The van der Waals surface area contributed by atoms with Gasteiger partial charge >= 0.3 is 5.97 Å². The highest BCUT2D eigenvalue weighted by Crippen LogP contribution is 2.14. The van der Waals surface area contributed by atoms with E-state index in [1.54, 1.807) is 26.0 Å². The maximum absolute atomic E-state index is 11.8. The van der Waals surface area contributed by atoms with Gasteiger partial charge in [0.1, 0.15) is 5.75 Å². The van der Waals surface area contributed by atoms with Crippen molar-refractivity contribution >= 4 is 34.5 Å². The zero-order valence-electron chi connectivity index (χ0n) is 11.5. The van der Waals surface area contributed by atoms with Crippen LogP contribution in [0.2, 0.25) is 0 Å². The molecule has 0 fully saturated rings. The van der Waals surface area contributed by atoms with Gasteiger partial charge in [-0.05, 0) is 67.1 Å². The van der Waals surface area contributed by atoms with Crippen LogP contribution in [-0.4, -0.2) is 29.1 Å². The number of carboxylic acid groups (broad SMARTS) is 1. The van der Waals surface area contributed by atoms with Crippen LogP contribution in [0.5, 0.6) is 5.75 Å². The maximum atomic E-state index is 11.8. The number of carboxylic acids is 1. The summed E-state index contributed by atoms with van der Waals surface area (Å²) >= 11 is 2.19. The third-order valence-electron chi connectivity index (χ3n) is 2.63. The molecule has 0 saturated heterocycles. The van der Waals surface area contributed by atoms with Crippen LogP contribution in [-0.2, 0) is 9.59 Å². The van der Waals surface area contributed by atoms with Crippen LogP contribution in [0.1, 0.15) is 26.7 Å². The van der Waals surface area contributed by atoms with Crippen molar-refractivity contribution in [2.75, 3.05) is 6.61 Å². The Balaban J connectivity index is 2.39. The second-order valence-electron chi connectivity index (χ2n) is 5.07. The molecule has 1 rings (SSSR count). The smallest absolute Gasteiger partial charge is 0.303 e. The molecule has 0 unspecified atom stereocenters. The minimum atomic E-state index is -0.873. The lowest BCUT2D eigenvalue weighted by Gasteiger charge is -2.25. The molecule has 2 N–H and O–H groups in total. The van der Waals surface area contributed by atoms with Crippen LogP contribution in [0.4, 0.5) is 0 Å². The van der Waals surface area contributed by atoms with Crippen molar-refractivity contribution in [2.24, 2.45) is 0 Å².